The molecule has 0 bridgehead atoms. The average Bonchev–Trinajstić information content (AvgIpc) is 2.46. The Kier molecular flexibility index (Phi) is 4.15. The fraction of sp³-hybridized carbons (Fsp3) is 0.385. The summed E-state index contributed by atoms with van der Waals surface area (Å²) in [7, 11) is 0. The second-order valence-electron chi connectivity index (χ2n) is 4.63. The molecule has 1 saturated heterocycles. The molecule has 0 saturated carbocycles. The second kappa shape index (κ2) is 5.86. The van der Waals surface area contributed by atoms with Crippen LogP contribution in [0.2, 0.25) is 0 Å². The summed E-state index contributed by atoms with van der Waals surface area (Å²) in [5.41, 5.74) is -0.810. The van der Waals surface area contributed by atoms with Gasteiger partial charge < -0.3 is 10.2 Å². The highest BCUT2D eigenvalue weighted by Gasteiger charge is 2.34. The van der Waals surface area contributed by atoms with E-state index in [0.717, 1.165) is 12.1 Å². The van der Waals surface area contributed by atoms with Gasteiger partial charge in [0.2, 0.25) is 5.91 Å². The first kappa shape index (κ1) is 14.9. The number of nitrogens with zero attached hydrogens (tertiary/aromatic N) is 2. The van der Waals surface area contributed by atoms with Crippen LogP contribution < -0.4 is 5.32 Å². The normalized spacial score (nSPS) is 18.3. The minimum Gasteiger partial charge on any atom is -0.353 e. The average molecular weight is 295 g/mol. The molecule has 0 aromatic heterocycles. The van der Waals surface area contributed by atoms with Gasteiger partial charge in [-0.25, -0.2) is 4.39 Å². The maximum Gasteiger partial charge on any atom is 0.285 e. The third kappa shape index (κ3) is 2.83. The Morgan fingerprint density at radius 1 is 1.57 bits per heavy atom. The SMILES string of the molecule is CCC1C(=O)NCCN1C(=O)c1ccc(F)cc1[N+](=O)[O-]. The van der Waals surface area contributed by atoms with Gasteiger partial charge in [0, 0.05) is 13.1 Å². The van der Waals surface area contributed by atoms with Crippen molar-refractivity contribution in [3.63, 3.8) is 0 Å². The number of carbonyl (C=O) groups is 2. The van der Waals surface area contributed by atoms with Crippen molar-refractivity contribution in [1.29, 1.82) is 0 Å². The fourth-order valence-electron chi connectivity index (χ4n) is 2.36. The number of hydrogen-bond donors (Lipinski definition) is 1. The largest absolute Gasteiger partial charge is 0.353 e. The van der Waals surface area contributed by atoms with E-state index in [0.29, 0.717) is 12.5 Å². The van der Waals surface area contributed by atoms with Crippen molar-refractivity contribution in [3.8, 4) is 0 Å². The lowest BCUT2D eigenvalue weighted by Gasteiger charge is -2.34. The minimum absolute atomic E-state index is 0.213. The van der Waals surface area contributed by atoms with E-state index in [2.05, 4.69) is 5.32 Å². The molecule has 0 aliphatic carbocycles. The van der Waals surface area contributed by atoms with Crippen LogP contribution in [0.15, 0.2) is 18.2 Å². The predicted molar refractivity (Wildman–Crippen MR) is 71.2 cm³/mol. The summed E-state index contributed by atoms with van der Waals surface area (Å²) in [4.78, 5) is 35.7. The standard InChI is InChI=1S/C13H14FN3O4/c1-2-10-12(18)15-5-6-16(10)13(19)9-4-3-8(14)7-11(9)17(20)21/h3-4,7,10H,2,5-6H2,1H3,(H,15,18). The van der Waals surface area contributed by atoms with Crippen LogP contribution in [-0.4, -0.2) is 40.8 Å². The summed E-state index contributed by atoms with van der Waals surface area (Å²) >= 11 is 0. The Bertz CT molecular complexity index is 605. The van der Waals surface area contributed by atoms with E-state index in [9.17, 15) is 24.1 Å². The molecule has 1 unspecified atom stereocenters. The highest BCUT2D eigenvalue weighted by atomic mass is 19.1. The van der Waals surface area contributed by atoms with Gasteiger partial charge in [-0.15, -0.1) is 0 Å². The molecule has 1 aliphatic heterocycles. The molecule has 2 amide bonds. The number of nitrogens with one attached hydrogen (secondary N) is 1. The molecule has 1 N–H and O–H groups in total. The number of rotatable bonds is 3. The van der Waals surface area contributed by atoms with Crippen molar-refractivity contribution >= 4 is 17.5 Å². The van der Waals surface area contributed by atoms with Gasteiger partial charge in [0.05, 0.1) is 11.0 Å². The Hall–Kier alpha value is -2.51. The number of nitro benzene ring substituents is 1. The van der Waals surface area contributed by atoms with Gasteiger partial charge in [0.1, 0.15) is 17.4 Å². The van der Waals surface area contributed by atoms with Crippen LogP contribution in [0.5, 0.6) is 0 Å². The lowest BCUT2D eigenvalue weighted by atomic mass is 10.1. The molecule has 1 atom stereocenters. The first-order valence-electron chi connectivity index (χ1n) is 6.48. The van der Waals surface area contributed by atoms with Crippen molar-refractivity contribution in [2.75, 3.05) is 13.1 Å². The van der Waals surface area contributed by atoms with Crippen LogP contribution in [-0.2, 0) is 4.79 Å². The maximum atomic E-state index is 13.1. The first-order valence-corrected chi connectivity index (χ1v) is 6.48. The number of benzene rings is 1. The van der Waals surface area contributed by atoms with Crippen LogP contribution in [0.1, 0.15) is 23.7 Å². The number of halogens is 1. The molecule has 2 rings (SSSR count). The molecule has 0 spiro atoms. The predicted octanol–water partition coefficient (Wildman–Crippen LogP) is 1.08. The molecule has 8 heteroatoms. The van der Waals surface area contributed by atoms with Crippen LogP contribution in [0.4, 0.5) is 10.1 Å². The highest BCUT2D eigenvalue weighted by molar-refractivity contribution is 6.01. The Morgan fingerprint density at radius 3 is 2.90 bits per heavy atom. The van der Waals surface area contributed by atoms with Gasteiger partial charge in [-0.1, -0.05) is 6.92 Å². The highest BCUT2D eigenvalue weighted by Crippen LogP contribution is 2.23. The topological polar surface area (TPSA) is 92.6 Å². The van der Waals surface area contributed by atoms with Crippen LogP contribution in [0.25, 0.3) is 0 Å². The van der Waals surface area contributed by atoms with E-state index >= 15 is 0 Å². The van der Waals surface area contributed by atoms with E-state index in [-0.39, 0.29) is 24.6 Å². The lowest BCUT2D eigenvalue weighted by Crippen LogP contribution is -2.56. The Balaban J connectivity index is 2.39. The molecule has 1 aromatic rings. The summed E-state index contributed by atoms with van der Waals surface area (Å²) < 4.78 is 13.1. The van der Waals surface area contributed by atoms with Gasteiger partial charge in [0.15, 0.2) is 0 Å². The molecule has 112 valence electrons. The molecular weight excluding hydrogens is 281 g/mol. The first-order chi connectivity index (χ1) is 9.95. The Morgan fingerprint density at radius 2 is 2.29 bits per heavy atom. The summed E-state index contributed by atoms with van der Waals surface area (Å²) in [5, 5.41) is 13.6. The van der Waals surface area contributed by atoms with Crippen molar-refractivity contribution in [1.82, 2.24) is 10.2 Å². The number of carbonyl (C=O) groups excluding carboxylic acids is 2. The summed E-state index contributed by atoms with van der Waals surface area (Å²) in [6.07, 6.45) is 0.395. The summed E-state index contributed by atoms with van der Waals surface area (Å²) in [5.74, 6) is -1.72. The Labute approximate surface area is 119 Å². The third-order valence-electron chi connectivity index (χ3n) is 3.37. The van der Waals surface area contributed by atoms with Crippen molar-refractivity contribution in [2.24, 2.45) is 0 Å². The fourth-order valence-corrected chi connectivity index (χ4v) is 2.36. The maximum absolute atomic E-state index is 13.1. The van der Waals surface area contributed by atoms with E-state index in [4.69, 9.17) is 0 Å². The minimum atomic E-state index is -0.804. The van der Waals surface area contributed by atoms with Crippen molar-refractivity contribution < 1.29 is 18.9 Å². The number of amides is 2. The summed E-state index contributed by atoms with van der Waals surface area (Å²) in [6, 6.07) is 2.11. The van der Waals surface area contributed by atoms with Crippen LogP contribution in [0.3, 0.4) is 0 Å². The molecule has 1 fully saturated rings. The van der Waals surface area contributed by atoms with E-state index in [1.165, 1.54) is 4.90 Å². The van der Waals surface area contributed by atoms with Gasteiger partial charge in [-0.3, -0.25) is 19.7 Å². The molecule has 21 heavy (non-hydrogen) atoms. The molecular formula is C13H14FN3O4. The molecule has 1 aliphatic rings. The third-order valence-corrected chi connectivity index (χ3v) is 3.37. The lowest BCUT2D eigenvalue weighted by molar-refractivity contribution is -0.385. The molecule has 7 nitrogen and oxygen atoms in total. The monoisotopic (exact) mass is 295 g/mol. The second-order valence-corrected chi connectivity index (χ2v) is 4.63. The quantitative estimate of drug-likeness (QED) is 0.667. The van der Waals surface area contributed by atoms with Gasteiger partial charge in [-0.05, 0) is 18.6 Å². The van der Waals surface area contributed by atoms with Gasteiger partial charge >= 0.3 is 0 Å². The zero-order chi connectivity index (χ0) is 15.6. The van der Waals surface area contributed by atoms with Gasteiger partial charge in [0.25, 0.3) is 11.6 Å². The number of hydrogen-bond acceptors (Lipinski definition) is 4. The van der Waals surface area contributed by atoms with Crippen LogP contribution >= 0.6 is 0 Å². The molecule has 1 heterocycles. The number of nitro groups is 1. The van der Waals surface area contributed by atoms with Gasteiger partial charge in [-0.2, -0.15) is 0 Å². The summed E-state index contributed by atoms with van der Waals surface area (Å²) in [6.45, 7) is 2.29. The van der Waals surface area contributed by atoms with E-state index < -0.39 is 28.4 Å². The molecule has 0 radical (unpaired) electrons. The zero-order valence-electron chi connectivity index (χ0n) is 11.3. The van der Waals surface area contributed by atoms with Crippen molar-refractivity contribution in [2.45, 2.75) is 19.4 Å². The number of piperazine rings is 1. The smallest absolute Gasteiger partial charge is 0.285 e. The van der Waals surface area contributed by atoms with Crippen molar-refractivity contribution in [3.05, 3.63) is 39.7 Å². The molecule has 1 aromatic carbocycles. The van der Waals surface area contributed by atoms with E-state index in [1.807, 2.05) is 0 Å². The van der Waals surface area contributed by atoms with E-state index in [1.54, 1.807) is 6.92 Å². The zero-order valence-corrected chi connectivity index (χ0v) is 11.3. The van der Waals surface area contributed by atoms with Crippen LogP contribution in [0, 0.1) is 15.9 Å².